The molecule has 0 fully saturated rings. The summed E-state index contributed by atoms with van der Waals surface area (Å²) in [6, 6.07) is -4.64. The molecule has 0 radical (unpaired) electrons. The summed E-state index contributed by atoms with van der Waals surface area (Å²) in [4.78, 5) is 59.4. The number of aliphatic carboxylic acids is 2. The third-order valence-corrected chi connectivity index (χ3v) is 4.64. The molecule has 0 bridgehead atoms. The molecule has 30 heavy (non-hydrogen) atoms. The lowest BCUT2D eigenvalue weighted by Crippen LogP contribution is -2.58. The second-order valence-corrected chi connectivity index (χ2v) is 7.83. The fourth-order valence-corrected chi connectivity index (χ4v) is 2.52. The first-order valence-electron chi connectivity index (χ1n) is 9.91. The molecule has 0 spiro atoms. The molecule has 5 unspecified atom stereocenters. The standard InChI is InChI=1S/C19H34N4O7/c1-6-10(4)15(20)18(28)23-12(7-9(2)3)17(27)22-13(8-14(24)25)16(26)21-11(5)19(29)30/h9-13,15H,6-8,20H2,1-5H3,(H,21,26)(H,22,27)(H,23,28)(H,24,25)(H,29,30). The van der Waals surface area contributed by atoms with Crippen LogP contribution in [0.2, 0.25) is 0 Å². The van der Waals surface area contributed by atoms with Gasteiger partial charge in [0.25, 0.3) is 0 Å². The van der Waals surface area contributed by atoms with Crippen LogP contribution in [0.1, 0.15) is 53.9 Å². The van der Waals surface area contributed by atoms with E-state index in [0.717, 1.165) is 0 Å². The molecule has 0 aromatic rings. The van der Waals surface area contributed by atoms with Gasteiger partial charge in [0.05, 0.1) is 12.5 Å². The minimum atomic E-state index is -1.51. The molecule has 0 saturated carbocycles. The van der Waals surface area contributed by atoms with Gasteiger partial charge in [0.2, 0.25) is 17.7 Å². The van der Waals surface area contributed by atoms with Crippen molar-refractivity contribution in [2.75, 3.05) is 0 Å². The van der Waals surface area contributed by atoms with Crippen molar-refractivity contribution in [3.63, 3.8) is 0 Å². The van der Waals surface area contributed by atoms with Gasteiger partial charge in [-0.2, -0.15) is 0 Å². The number of hydrogen-bond acceptors (Lipinski definition) is 6. The molecule has 0 aliphatic rings. The lowest BCUT2D eigenvalue weighted by atomic mass is 9.97. The molecule has 5 atom stereocenters. The van der Waals surface area contributed by atoms with E-state index >= 15 is 0 Å². The summed E-state index contributed by atoms with van der Waals surface area (Å²) in [6.45, 7) is 8.55. The maximum Gasteiger partial charge on any atom is 0.325 e. The summed E-state index contributed by atoms with van der Waals surface area (Å²) in [5.74, 6) is -5.02. The Morgan fingerprint density at radius 1 is 0.833 bits per heavy atom. The van der Waals surface area contributed by atoms with Gasteiger partial charge in [-0.1, -0.05) is 34.1 Å². The van der Waals surface area contributed by atoms with Gasteiger partial charge in [-0.3, -0.25) is 24.0 Å². The molecule has 3 amide bonds. The average Bonchev–Trinajstić information content (AvgIpc) is 2.64. The molecule has 0 rings (SSSR count). The number of hydrogen-bond donors (Lipinski definition) is 6. The number of carboxylic acids is 2. The third-order valence-electron chi connectivity index (χ3n) is 4.64. The van der Waals surface area contributed by atoms with E-state index in [-0.39, 0.29) is 18.3 Å². The zero-order valence-electron chi connectivity index (χ0n) is 18.1. The molecule has 0 heterocycles. The number of carbonyl (C=O) groups excluding carboxylic acids is 3. The molecular weight excluding hydrogens is 396 g/mol. The predicted molar refractivity (Wildman–Crippen MR) is 108 cm³/mol. The van der Waals surface area contributed by atoms with Crippen molar-refractivity contribution in [1.29, 1.82) is 0 Å². The van der Waals surface area contributed by atoms with E-state index in [9.17, 15) is 24.0 Å². The third kappa shape index (κ3) is 9.68. The maximum atomic E-state index is 12.7. The van der Waals surface area contributed by atoms with E-state index < -0.39 is 60.2 Å². The summed E-state index contributed by atoms with van der Waals surface area (Å²) >= 11 is 0. The van der Waals surface area contributed by atoms with Crippen molar-refractivity contribution in [1.82, 2.24) is 16.0 Å². The molecule has 172 valence electrons. The van der Waals surface area contributed by atoms with Gasteiger partial charge in [0.15, 0.2) is 0 Å². The lowest BCUT2D eigenvalue weighted by Gasteiger charge is -2.26. The van der Waals surface area contributed by atoms with Crippen molar-refractivity contribution >= 4 is 29.7 Å². The normalized spacial score (nSPS) is 16.0. The molecule has 0 aromatic heterocycles. The van der Waals surface area contributed by atoms with Gasteiger partial charge in [0.1, 0.15) is 18.1 Å². The number of carboxylic acid groups (broad SMARTS) is 2. The largest absolute Gasteiger partial charge is 0.481 e. The Morgan fingerprint density at radius 2 is 1.33 bits per heavy atom. The summed E-state index contributed by atoms with van der Waals surface area (Å²) in [5.41, 5.74) is 5.91. The summed E-state index contributed by atoms with van der Waals surface area (Å²) in [6.07, 6.45) is 0.147. The SMILES string of the molecule is CCC(C)C(N)C(=O)NC(CC(C)C)C(=O)NC(CC(=O)O)C(=O)NC(C)C(=O)O. The second kappa shape index (κ2) is 12.8. The highest BCUT2D eigenvalue weighted by atomic mass is 16.4. The minimum absolute atomic E-state index is 0.000319. The van der Waals surface area contributed by atoms with E-state index in [1.54, 1.807) is 6.92 Å². The summed E-state index contributed by atoms with van der Waals surface area (Å²) < 4.78 is 0. The van der Waals surface area contributed by atoms with Gasteiger partial charge in [-0.05, 0) is 25.2 Å². The van der Waals surface area contributed by atoms with Crippen LogP contribution in [0.4, 0.5) is 0 Å². The molecular formula is C19H34N4O7. The van der Waals surface area contributed by atoms with E-state index in [0.29, 0.717) is 6.42 Å². The first-order valence-corrected chi connectivity index (χ1v) is 9.91. The van der Waals surface area contributed by atoms with Crippen molar-refractivity contribution in [3.8, 4) is 0 Å². The first-order chi connectivity index (χ1) is 13.8. The zero-order chi connectivity index (χ0) is 23.6. The Morgan fingerprint density at radius 3 is 1.77 bits per heavy atom. The summed E-state index contributed by atoms with van der Waals surface area (Å²) in [5, 5.41) is 25.0. The number of rotatable bonds is 13. The molecule has 11 nitrogen and oxygen atoms in total. The van der Waals surface area contributed by atoms with Crippen LogP contribution >= 0.6 is 0 Å². The van der Waals surface area contributed by atoms with E-state index in [1.807, 2.05) is 20.8 Å². The van der Waals surface area contributed by atoms with E-state index in [1.165, 1.54) is 6.92 Å². The van der Waals surface area contributed by atoms with Gasteiger partial charge in [-0.25, -0.2) is 0 Å². The topological polar surface area (TPSA) is 188 Å². The minimum Gasteiger partial charge on any atom is -0.481 e. The highest BCUT2D eigenvalue weighted by molar-refractivity contribution is 5.95. The monoisotopic (exact) mass is 430 g/mol. The molecule has 0 aromatic carbocycles. The molecule has 11 heteroatoms. The fourth-order valence-electron chi connectivity index (χ4n) is 2.52. The van der Waals surface area contributed by atoms with Crippen LogP contribution in [0, 0.1) is 11.8 Å². The van der Waals surface area contributed by atoms with Gasteiger partial charge in [-0.15, -0.1) is 0 Å². The predicted octanol–water partition coefficient (Wildman–Crippen LogP) is -0.560. The maximum absolute atomic E-state index is 12.7. The number of carbonyl (C=O) groups is 5. The first kappa shape index (κ1) is 27.3. The van der Waals surface area contributed by atoms with Gasteiger partial charge in [0, 0.05) is 0 Å². The van der Waals surface area contributed by atoms with Crippen LogP contribution in [0.25, 0.3) is 0 Å². The Balaban J connectivity index is 5.41. The van der Waals surface area contributed by atoms with Crippen molar-refractivity contribution in [2.24, 2.45) is 17.6 Å². The number of amides is 3. The molecule has 0 saturated heterocycles. The number of nitrogens with two attached hydrogens (primary N) is 1. The van der Waals surface area contributed by atoms with Crippen molar-refractivity contribution in [3.05, 3.63) is 0 Å². The second-order valence-electron chi connectivity index (χ2n) is 7.83. The number of nitrogens with one attached hydrogen (secondary N) is 3. The average molecular weight is 431 g/mol. The summed E-state index contributed by atoms with van der Waals surface area (Å²) in [7, 11) is 0. The van der Waals surface area contributed by atoms with Crippen LogP contribution in [0.5, 0.6) is 0 Å². The fraction of sp³-hybridized carbons (Fsp3) is 0.737. The Labute approximate surface area is 176 Å². The molecule has 0 aliphatic heterocycles. The molecule has 7 N–H and O–H groups in total. The quantitative estimate of drug-likeness (QED) is 0.224. The van der Waals surface area contributed by atoms with Crippen LogP contribution in [0.15, 0.2) is 0 Å². The highest BCUT2D eigenvalue weighted by Gasteiger charge is 2.31. The van der Waals surface area contributed by atoms with E-state index in [4.69, 9.17) is 15.9 Å². The Kier molecular flexibility index (Phi) is 11.6. The Bertz CT molecular complexity index is 638. The van der Waals surface area contributed by atoms with Gasteiger partial charge >= 0.3 is 11.9 Å². The van der Waals surface area contributed by atoms with Crippen LogP contribution in [0.3, 0.4) is 0 Å². The van der Waals surface area contributed by atoms with Crippen LogP contribution in [-0.4, -0.2) is 64.0 Å². The lowest BCUT2D eigenvalue weighted by molar-refractivity contribution is -0.143. The Hall–Kier alpha value is -2.69. The van der Waals surface area contributed by atoms with Crippen LogP contribution < -0.4 is 21.7 Å². The van der Waals surface area contributed by atoms with Gasteiger partial charge < -0.3 is 31.9 Å². The van der Waals surface area contributed by atoms with Crippen molar-refractivity contribution in [2.45, 2.75) is 78.0 Å². The highest BCUT2D eigenvalue weighted by Crippen LogP contribution is 2.09. The zero-order valence-corrected chi connectivity index (χ0v) is 18.1. The molecule has 0 aliphatic carbocycles. The van der Waals surface area contributed by atoms with Crippen LogP contribution in [-0.2, 0) is 24.0 Å². The van der Waals surface area contributed by atoms with E-state index in [2.05, 4.69) is 16.0 Å². The smallest absolute Gasteiger partial charge is 0.325 e. The van der Waals surface area contributed by atoms with Crippen molar-refractivity contribution < 1.29 is 34.2 Å².